The van der Waals surface area contributed by atoms with Crippen LogP contribution in [0.15, 0.2) is 58.3 Å². The molecule has 0 saturated heterocycles. The molecule has 1 aromatic heterocycles. The largest absolute Gasteiger partial charge is 0.493 e. The van der Waals surface area contributed by atoms with Crippen molar-refractivity contribution >= 4 is 46.5 Å². The molecule has 2 heterocycles. The van der Waals surface area contributed by atoms with E-state index in [1.165, 1.54) is 4.57 Å². The summed E-state index contributed by atoms with van der Waals surface area (Å²) in [6.45, 7) is 0. The zero-order valence-corrected chi connectivity index (χ0v) is 13.9. The van der Waals surface area contributed by atoms with Gasteiger partial charge in [0, 0.05) is 22.4 Å². The number of rotatable bonds is 2. The van der Waals surface area contributed by atoms with E-state index in [0.717, 1.165) is 28.2 Å². The number of aromatic hydroxyl groups is 1. The van der Waals surface area contributed by atoms with Gasteiger partial charge in [-0.1, -0.05) is 41.1 Å². The van der Waals surface area contributed by atoms with Crippen molar-refractivity contribution in [3.8, 4) is 11.6 Å². The van der Waals surface area contributed by atoms with Crippen LogP contribution in [0.1, 0.15) is 10.4 Å². The maximum absolute atomic E-state index is 12.3. The molecular formula is C18H11ClN2O2S. The molecule has 0 atom stereocenters. The molecule has 6 heteroatoms. The molecule has 1 aliphatic heterocycles. The first-order chi connectivity index (χ1) is 11.6. The molecule has 0 saturated carbocycles. The molecule has 0 fully saturated rings. The summed E-state index contributed by atoms with van der Waals surface area (Å²) >= 11 is 6.86. The summed E-state index contributed by atoms with van der Waals surface area (Å²) in [5, 5.41) is 11.1. The zero-order valence-electron chi connectivity index (χ0n) is 12.3. The van der Waals surface area contributed by atoms with Crippen LogP contribution in [0, 0.1) is 0 Å². The van der Waals surface area contributed by atoms with E-state index in [1.54, 1.807) is 36.6 Å². The van der Waals surface area contributed by atoms with Gasteiger partial charge >= 0.3 is 4.87 Å². The fraction of sp³-hybridized carbons (Fsp3) is 0. The third-order valence-corrected chi connectivity index (χ3v) is 4.87. The van der Waals surface area contributed by atoms with Gasteiger partial charge in [-0.2, -0.15) is 0 Å². The third kappa shape index (κ3) is 2.48. The van der Waals surface area contributed by atoms with Crippen molar-refractivity contribution < 1.29 is 5.11 Å². The Balaban J connectivity index is 1.81. The van der Waals surface area contributed by atoms with Crippen molar-refractivity contribution in [2.45, 2.75) is 0 Å². The molecule has 118 valence electrons. The first kappa shape index (κ1) is 14.9. The molecule has 4 nitrogen and oxygen atoms in total. The molecule has 0 spiro atoms. The van der Waals surface area contributed by atoms with Gasteiger partial charge in [0.1, 0.15) is 0 Å². The van der Waals surface area contributed by atoms with Crippen LogP contribution in [-0.2, 0) is 0 Å². The van der Waals surface area contributed by atoms with E-state index in [4.69, 9.17) is 11.6 Å². The summed E-state index contributed by atoms with van der Waals surface area (Å²) in [4.78, 5) is 16.9. The van der Waals surface area contributed by atoms with Gasteiger partial charge in [-0.3, -0.25) is 9.79 Å². The molecule has 0 bridgehead atoms. The van der Waals surface area contributed by atoms with Crippen LogP contribution in [0.5, 0.6) is 5.88 Å². The topological polar surface area (TPSA) is 54.6 Å². The molecule has 1 aliphatic rings. The number of benzene rings is 2. The lowest BCUT2D eigenvalue weighted by Gasteiger charge is -2.03. The fourth-order valence-corrected chi connectivity index (χ4v) is 3.55. The van der Waals surface area contributed by atoms with Gasteiger partial charge < -0.3 is 5.11 Å². The maximum atomic E-state index is 12.3. The first-order valence-corrected chi connectivity index (χ1v) is 8.39. The van der Waals surface area contributed by atoms with Crippen LogP contribution in [-0.4, -0.2) is 15.9 Å². The lowest BCUT2D eigenvalue weighted by Crippen LogP contribution is -2.09. The predicted octanol–water partition coefficient (Wildman–Crippen LogP) is 4.51. The Kier molecular flexibility index (Phi) is 3.59. The van der Waals surface area contributed by atoms with Gasteiger partial charge in [-0.25, -0.2) is 4.57 Å². The van der Waals surface area contributed by atoms with Crippen LogP contribution in [0.2, 0.25) is 5.02 Å². The van der Waals surface area contributed by atoms with Gasteiger partial charge in [-0.15, -0.1) is 0 Å². The van der Waals surface area contributed by atoms with Gasteiger partial charge in [-0.05, 0) is 36.4 Å². The molecule has 0 unspecified atom stereocenters. The number of hydrogen-bond acceptors (Lipinski definition) is 4. The molecule has 4 rings (SSSR count). The number of allylic oxidation sites excluding steroid dienone is 1. The SMILES string of the molecule is O=c1sc(C=C2C=Nc3ccccc32)c(O)n1-c1ccc(Cl)cc1. The van der Waals surface area contributed by atoms with Crippen molar-refractivity contribution in [3.05, 3.63) is 73.7 Å². The van der Waals surface area contributed by atoms with Crippen LogP contribution in [0.4, 0.5) is 5.69 Å². The summed E-state index contributed by atoms with van der Waals surface area (Å²) < 4.78 is 1.27. The van der Waals surface area contributed by atoms with Crippen molar-refractivity contribution in [2.24, 2.45) is 4.99 Å². The Morgan fingerprint density at radius 2 is 1.88 bits per heavy atom. The van der Waals surface area contributed by atoms with Crippen LogP contribution in [0.25, 0.3) is 17.3 Å². The minimum Gasteiger partial charge on any atom is -0.493 e. The molecule has 0 amide bonds. The quantitative estimate of drug-likeness (QED) is 0.735. The minimum atomic E-state index is -0.259. The van der Waals surface area contributed by atoms with Crippen LogP contribution < -0.4 is 4.87 Å². The summed E-state index contributed by atoms with van der Waals surface area (Å²) in [6, 6.07) is 14.5. The smallest absolute Gasteiger partial charge is 0.315 e. The van der Waals surface area contributed by atoms with E-state index in [9.17, 15) is 9.90 Å². The van der Waals surface area contributed by atoms with E-state index < -0.39 is 0 Å². The van der Waals surface area contributed by atoms with E-state index >= 15 is 0 Å². The summed E-state index contributed by atoms with van der Waals surface area (Å²) in [6.07, 6.45) is 3.52. The highest BCUT2D eigenvalue weighted by molar-refractivity contribution is 7.10. The monoisotopic (exact) mass is 354 g/mol. The third-order valence-electron chi connectivity index (χ3n) is 3.74. The lowest BCUT2D eigenvalue weighted by molar-refractivity contribution is 0.440. The maximum Gasteiger partial charge on any atom is 0.315 e. The Labute approximate surface area is 146 Å². The minimum absolute atomic E-state index is 0.0856. The predicted molar refractivity (Wildman–Crippen MR) is 99.1 cm³/mol. The molecule has 3 aromatic rings. The van der Waals surface area contributed by atoms with Crippen molar-refractivity contribution in [1.82, 2.24) is 4.57 Å². The molecule has 2 aromatic carbocycles. The highest BCUT2D eigenvalue weighted by Crippen LogP contribution is 2.34. The Bertz CT molecular complexity index is 1050. The normalized spacial score (nSPS) is 14.3. The van der Waals surface area contributed by atoms with Gasteiger partial charge in [0.2, 0.25) is 5.88 Å². The van der Waals surface area contributed by atoms with Crippen molar-refractivity contribution in [2.75, 3.05) is 0 Å². The Morgan fingerprint density at radius 1 is 1.12 bits per heavy atom. The second kappa shape index (κ2) is 5.78. The van der Waals surface area contributed by atoms with Crippen molar-refractivity contribution in [3.63, 3.8) is 0 Å². The highest BCUT2D eigenvalue weighted by atomic mass is 35.5. The summed E-state index contributed by atoms with van der Waals surface area (Å²) in [5.41, 5.74) is 3.30. The number of aliphatic imine (C=N–C) groups is 1. The average Bonchev–Trinajstić information content (AvgIpc) is 3.11. The number of nitrogens with zero attached hydrogens (tertiary/aromatic N) is 2. The van der Waals surface area contributed by atoms with Gasteiger partial charge in [0.15, 0.2) is 0 Å². The first-order valence-electron chi connectivity index (χ1n) is 7.19. The van der Waals surface area contributed by atoms with E-state index in [-0.39, 0.29) is 10.8 Å². The summed E-state index contributed by atoms with van der Waals surface area (Å²) in [7, 11) is 0. The van der Waals surface area contributed by atoms with E-state index in [2.05, 4.69) is 4.99 Å². The highest BCUT2D eigenvalue weighted by Gasteiger charge is 2.17. The number of aromatic nitrogens is 1. The van der Waals surface area contributed by atoms with Crippen molar-refractivity contribution in [1.29, 1.82) is 0 Å². The van der Waals surface area contributed by atoms with Gasteiger partial charge in [0.05, 0.1) is 16.3 Å². The molecule has 24 heavy (non-hydrogen) atoms. The number of hydrogen-bond donors (Lipinski definition) is 1. The molecule has 1 N–H and O–H groups in total. The molecular weight excluding hydrogens is 344 g/mol. The number of thiazole rings is 1. The fourth-order valence-electron chi connectivity index (χ4n) is 2.59. The lowest BCUT2D eigenvalue weighted by atomic mass is 10.1. The van der Waals surface area contributed by atoms with Gasteiger partial charge in [0.25, 0.3) is 0 Å². The van der Waals surface area contributed by atoms with Crippen LogP contribution >= 0.6 is 22.9 Å². The second-order valence-electron chi connectivity index (χ2n) is 5.24. The standard InChI is InChI=1S/C18H11ClN2O2S/c19-12-5-7-13(8-6-12)21-17(22)16(24-18(21)23)9-11-10-20-15-4-2-1-3-14(11)15/h1-10,22H. The van der Waals surface area contributed by atoms with E-state index in [0.29, 0.717) is 15.6 Å². The number of halogens is 1. The van der Waals surface area contributed by atoms with E-state index in [1.807, 2.05) is 24.3 Å². The average molecular weight is 355 g/mol. The number of fused-ring (bicyclic) bond motifs is 1. The molecule has 0 radical (unpaired) electrons. The zero-order chi connectivity index (χ0) is 16.7. The summed E-state index contributed by atoms with van der Waals surface area (Å²) in [5.74, 6) is -0.0856. The second-order valence-corrected chi connectivity index (χ2v) is 6.67. The Morgan fingerprint density at radius 3 is 2.67 bits per heavy atom. The Hall–Kier alpha value is -2.63. The number of para-hydroxylation sites is 1. The molecule has 0 aliphatic carbocycles. The van der Waals surface area contributed by atoms with Crippen LogP contribution in [0.3, 0.4) is 0 Å².